The maximum Gasteiger partial charge on any atom is 0.282 e. The van der Waals surface area contributed by atoms with Crippen LogP contribution in [0.4, 0.5) is 0 Å². The van der Waals surface area contributed by atoms with Crippen molar-refractivity contribution in [2.45, 2.75) is 39.7 Å². The topological polar surface area (TPSA) is 84.2 Å². The molecule has 0 atom stereocenters. The van der Waals surface area contributed by atoms with Crippen LogP contribution in [0.1, 0.15) is 44.6 Å². The lowest BCUT2D eigenvalue weighted by molar-refractivity contribution is 0.174. The molecule has 208 valence electrons. The van der Waals surface area contributed by atoms with Crippen LogP contribution in [0.15, 0.2) is 65.8 Å². The fourth-order valence-electron chi connectivity index (χ4n) is 4.14. The highest BCUT2D eigenvalue weighted by Crippen LogP contribution is 2.43. The van der Waals surface area contributed by atoms with E-state index in [2.05, 4.69) is 52.9 Å². The van der Waals surface area contributed by atoms with E-state index in [9.17, 15) is 4.79 Å². The van der Waals surface area contributed by atoms with Gasteiger partial charge in [-0.05, 0) is 80.7 Å². The summed E-state index contributed by atoms with van der Waals surface area (Å²) in [5.74, 6) is 3.03. The highest BCUT2D eigenvalue weighted by atomic mass is 79.9. The second kappa shape index (κ2) is 11.5. The maximum absolute atomic E-state index is 13.5. The highest BCUT2D eigenvalue weighted by molar-refractivity contribution is 9.13. The van der Waals surface area contributed by atoms with E-state index in [4.69, 9.17) is 23.9 Å². The van der Waals surface area contributed by atoms with Gasteiger partial charge in [0.25, 0.3) is 5.56 Å². The molecule has 0 spiro atoms. The molecule has 8 nitrogen and oxygen atoms in total. The third-order valence-electron chi connectivity index (χ3n) is 6.07. The molecule has 1 aliphatic rings. The molecule has 0 aliphatic carbocycles. The average molecular weight is 736 g/mol. The molecule has 0 amide bonds. The molecule has 3 aromatic carbocycles. The summed E-state index contributed by atoms with van der Waals surface area (Å²) in [7, 11) is 0. The Morgan fingerprint density at radius 3 is 2.55 bits per heavy atom. The molecule has 0 radical (unpaired) electrons. The lowest BCUT2D eigenvalue weighted by Gasteiger charge is -2.21. The number of ether oxygens (including phenoxy) is 4. The molecular formula is C29H26Br3N3O5. The maximum atomic E-state index is 13.5. The van der Waals surface area contributed by atoms with Crippen molar-refractivity contribution < 1.29 is 18.9 Å². The van der Waals surface area contributed by atoms with Gasteiger partial charge >= 0.3 is 0 Å². The molecule has 0 saturated carbocycles. The van der Waals surface area contributed by atoms with E-state index in [1.165, 1.54) is 4.68 Å². The zero-order valence-electron chi connectivity index (χ0n) is 22.3. The van der Waals surface area contributed by atoms with E-state index < -0.39 is 5.41 Å². The summed E-state index contributed by atoms with van der Waals surface area (Å²) in [5, 5.41) is 5.08. The van der Waals surface area contributed by atoms with Crippen molar-refractivity contribution in [2.75, 3.05) is 13.4 Å². The van der Waals surface area contributed by atoms with Crippen molar-refractivity contribution >= 4 is 64.9 Å². The Bertz CT molecular complexity index is 1700. The zero-order valence-corrected chi connectivity index (χ0v) is 27.0. The predicted octanol–water partition coefficient (Wildman–Crippen LogP) is 7.57. The van der Waals surface area contributed by atoms with Crippen LogP contribution >= 0.6 is 47.8 Å². The number of fused-ring (bicyclic) bond motifs is 2. The Balaban J connectivity index is 1.52. The van der Waals surface area contributed by atoms with Crippen LogP contribution in [-0.2, 0) is 12.0 Å². The summed E-state index contributed by atoms with van der Waals surface area (Å²) in [4.78, 5) is 18.3. The largest absolute Gasteiger partial charge is 0.490 e. The van der Waals surface area contributed by atoms with Crippen LogP contribution in [0.25, 0.3) is 10.9 Å². The van der Waals surface area contributed by atoms with Crippen LogP contribution in [0.2, 0.25) is 0 Å². The molecule has 0 N–H and O–H groups in total. The van der Waals surface area contributed by atoms with Gasteiger partial charge in [0.15, 0.2) is 23.0 Å². The minimum Gasteiger partial charge on any atom is -0.490 e. The third-order valence-corrected chi connectivity index (χ3v) is 8.70. The Hall–Kier alpha value is -2.89. The predicted molar refractivity (Wildman–Crippen MR) is 165 cm³/mol. The number of benzene rings is 3. The molecule has 40 heavy (non-hydrogen) atoms. The quantitative estimate of drug-likeness (QED) is 0.182. The minimum absolute atomic E-state index is 0.214. The highest BCUT2D eigenvalue weighted by Gasteiger charge is 2.24. The second-order valence-electron chi connectivity index (χ2n) is 10.0. The lowest BCUT2D eigenvalue weighted by atomic mass is 9.95. The Morgan fingerprint density at radius 2 is 1.80 bits per heavy atom. The van der Waals surface area contributed by atoms with Crippen LogP contribution in [0.3, 0.4) is 0 Å². The Labute approximate surface area is 256 Å². The van der Waals surface area contributed by atoms with Crippen LogP contribution in [0.5, 0.6) is 23.0 Å². The van der Waals surface area contributed by atoms with Gasteiger partial charge in [0.2, 0.25) is 6.79 Å². The van der Waals surface area contributed by atoms with Crippen molar-refractivity contribution in [2.24, 2.45) is 5.10 Å². The zero-order chi connectivity index (χ0) is 28.6. The molecule has 11 heteroatoms. The van der Waals surface area contributed by atoms with Gasteiger partial charge in [-0.1, -0.05) is 42.8 Å². The fraction of sp³-hybridized carbons (Fsp3) is 0.276. The normalized spacial score (nSPS) is 12.9. The summed E-state index contributed by atoms with van der Waals surface area (Å²) in [6.07, 6.45) is 1.61. The summed E-state index contributed by atoms with van der Waals surface area (Å²) in [6, 6.07) is 13.0. The summed E-state index contributed by atoms with van der Waals surface area (Å²) < 4.78 is 26.5. The van der Waals surface area contributed by atoms with Crippen molar-refractivity contribution in [3.63, 3.8) is 0 Å². The van der Waals surface area contributed by atoms with Crippen molar-refractivity contribution in [1.29, 1.82) is 0 Å². The van der Waals surface area contributed by atoms with Gasteiger partial charge in [-0.2, -0.15) is 9.78 Å². The van der Waals surface area contributed by atoms with E-state index in [-0.39, 0.29) is 19.0 Å². The standard InChI is InChI=1S/C29H26Br3N3O5/c1-5-37-23-11-17(24(31)25(32)26(23)38-14-16-6-9-21-22(10-16)40-15-39-21)13-33-35-27(36)19-12-18(30)7-8-20(19)34-28(35)29(2,3)4/h6-13H,5,14-15H2,1-4H3. The van der Waals surface area contributed by atoms with Crippen LogP contribution in [-0.4, -0.2) is 29.3 Å². The van der Waals surface area contributed by atoms with Crippen molar-refractivity contribution in [3.05, 3.63) is 83.2 Å². The first-order chi connectivity index (χ1) is 19.1. The van der Waals surface area contributed by atoms with E-state index >= 15 is 0 Å². The van der Waals surface area contributed by atoms with Crippen LogP contribution < -0.4 is 24.5 Å². The van der Waals surface area contributed by atoms with E-state index in [0.29, 0.717) is 60.8 Å². The van der Waals surface area contributed by atoms with Gasteiger partial charge in [-0.15, -0.1) is 0 Å². The summed E-state index contributed by atoms with van der Waals surface area (Å²) >= 11 is 10.8. The van der Waals surface area contributed by atoms with E-state index in [1.54, 1.807) is 12.3 Å². The van der Waals surface area contributed by atoms with Gasteiger partial charge in [-0.3, -0.25) is 4.79 Å². The fourth-order valence-corrected chi connectivity index (χ4v) is 5.44. The molecule has 0 fully saturated rings. The van der Waals surface area contributed by atoms with Crippen LogP contribution in [0, 0.1) is 0 Å². The molecule has 1 aromatic heterocycles. The number of halogens is 3. The summed E-state index contributed by atoms with van der Waals surface area (Å²) in [5.41, 5.74) is 1.54. The molecule has 0 unspecified atom stereocenters. The third kappa shape index (κ3) is 5.77. The minimum atomic E-state index is -0.432. The first kappa shape index (κ1) is 28.6. The number of hydrogen-bond acceptors (Lipinski definition) is 7. The number of hydrogen-bond donors (Lipinski definition) is 0. The molecule has 2 heterocycles. The first-order valence-electron chi connectivity index (χ1n) is 12.5. The van der Waals surface area contributed by atoms with E-state index in [1.807, 2.05) is 64.1 Å². The van der Waals surface area contributed by atoms with Gasteiger partial charge in [0.05, 0.1) is 28.2 Å². The number of nitrogens with zero attached hydrogens (tertiary/aromatic N) is 3. The second-order valence-corrected chi connectivity index (χ2v) is 12.5. The van der Waals surface area contributed by atoms with E-state index in [0.717, 1.165) is 10.0 Å². The molecular weight excluding hydrogens is 710 g/mol. The first-order valence-corrected chi connectivity index (χ1v) is 14.9. The van der Waals surface area contributed by atoms with Crippen molar-refractivity contribution in [3.8, 4) is 23.0 Å². The van der Waals surface area contributed by atoms with Gasteiger partial charge in [0, 0.05) is 19.9 Å². The lowest BCUT2D eigenvalue weighted by Crippen LogP contribution is -2.29. The molecule has 5 rings (SSSR count). The molecule has 4 aromatic rings. The van der Waals surface area contributed by atoms with Crippen molar-refractivity contribution in [1.82, 2.24) is 9.66 Å². The molecule has 0 bridgehead atoms. The summed E-state index contributed by atoms with van der Waals surface area (Å²) in [6.45, 7) is 8.83. The van der Waals surface area contributed by atoms with Gasteiger partial charge < -0.3 is 18.9 Å². The molecule has 1 aliphatic heterocycles. The Kier molecular flexibility index (Phi) is 8.26. The smallest absolute Gasteiger partial charge is 0.282 e. The average Bonchev–Trinajstić information content (AvgIpc) is 3.38. The Morgan fingerprint density at radius 1 is 1.02 bits per heavy atom. The van der Waals surface area contributed by atoms with Gasteiger partial charge in [-0.25, -0.2) is 4.98 Å². The SMILES string of the molecule is CCOc1cc(C=Nn2c(C(C)(C)C)nc3ccc(Br)cc3c2=O)c(Br)c(Br)c1OCc1ccc2c(c1)OCO2. The number of aromatic nitrogens is 2. The van der Waals surface area contributed by atoms with Gasteiger partial charge in [0.1, 0.15) is 12.4 Å². The molecule has 0 saturated heterocycles. The monoisotopic (exact) mass is 733 g/mol. The number of rotatable bonds is 7.